The van der Waals surface area contributed by atoms with E-state index < -0.39 is 11.6 Å². The summed E-state index contributed by atoms with van der Waals surface area (Å²) < 4.78 is 12.0. The second kappa shape index (κ2) is 5.91. The van der Waals surface area contributed by atoms with Crippen molar-refractivity contribution < 1.29 is 14.3 Å². The third kappa shape index (κ3) is 2.39. The first kappa shape index (κ1) is 16.0. The molecule has 0 saturated carbocycles. The average Bonchev–Trinajstić information content (AvgIpc) is 3.30. The summed E-state index contributed by atoms with van der Waals surface area (Å²) in [5.41, 5.74) is 6.35. The number of fused-ring (bicyclic) bond motifs is 2. The molecule has 5 rings (SSSR count). The molecule has 1 aromatic carbocycles. The number of benzene rings is 1. The summed E-state index contributed by atoms with van der Waals surface area (Å²) in [6.45, 7) is 0.112. The lowest BCUT2D eigenvalue weighted by Crippen LogP contribution is -2.15. The number of hydrogen-bond donors (Lipinski definition) is 2. The van der Waals surface area contributed by atoms with Crippen LogP contribution in [0.1, 0.15) is 10.5 Å². The van der Waals surface area contributed by atoms with Gasteiger partial charge in [0.2, 0.25) is 6.79 Å². The molecule has 138 valence electrons. The molecule has 0 unspecified atom stereocenters. The first-order chi connectivity index (χ1) is 13.6. The first-order valence-corrected chi connectivity index (χ1v) is 8.25. The van der Waals surface area contributed by atoms with Crippen LogP contribution in [0.5, 0.6) is 11.5 Å². The molecule has 10 heteroatoms. The van der Waals surface area contributed by atoms with Crippen LogP contribution in [-0.4, -0.2) is 37.2 Å². The van der Waals surface area contributed by atoms with Gasteiger partial charge in [0.1, 0.15) is 5.52 Å². The third-order valence-electron chi connectivity index (χ3n) is 4.30. The molecule has 0 aliphatic carbocycles. The molecule has 0 atom stereocenters. The molecule has 0 saturated heterocycles. The number of rotatable bonds is 3. The lowest BCUT2D eigenvalue weighted by Gasteiger charge is -2.07. The zero-order chi connectivity index (χ0) is 19.3. The number of nitrogens with two attached hydrogens (primary N) is 1. The van der Waals surface area contributed by atoms with E-state index in [4.69, 9.17) is 15.2 Å². The van der Waals surface area contributed by atoms with Crippen LogP contribution in [0.3, 0.4) is 0 Å². The molecule has 1 aliphatic heterocycles. The largest absolute Gasteiger partial charge is 0.454 e. The van der Waals surface area contributed by atoms with Crippen molar-refractivity contribution in [1.29, 1.82) is 0 Å². The molecular weight excluding hydrogens is 364 g/mol. The minimum Gasteiger partial charge on any atom is -0.454 e. The van der Waals surface area contributed by atoms with Gasteiger partial charge in [0.25, 0.3) is 5.91 Å². The van der Waals surface area contributed by atoms with Crippen molar-refractivity contribution in [3.8, 4) is 28.6 Å². The number of aromatic nitrogens is 5. The fourth-order valence-corrected chi connectivity index (χ4v) is 3.05. The molecule has 28 heavy (non-hydrogen) atoms. The molecule has 1 amide bonds. The van der Waals surface area contributed by atoms with Gasteiger partial charge in [-0.05, 0) is 24.3 Å². The van der Waals surface area contributed by atoms with Crippen LogP contribution in [0.15, 0.2) is 47.5 Å². The Morgan fingerprint density at radius 2 is 2.04 bits per heavy atom. The zero-order valence-corrected chi connectivity index (χ0v) is 14.2. The minimum absolute atomic E-state index is 0.0829. The summed E-state index contributed by atoms with van der Waals surface area (Å²) in [6, 6.07) is 8.51. The second-order valence-corrected chi connectivity index (χ2v) is 6.00. The Morgan fingerprint density at radius 3 is 2.82 bits per heavy atom. The third-order valence-corrected chi connectivity index (χ3v) is 4.30. The van der Waals surface area contributed by atoms with E-state index in [1.54, 1.807) is 42.7 Å². The van der Waals surface area contributed by atoms with Crippen LogP contribution in [0.4, 0.5) is 0 Å². The number of H-pyrrole nitrogens is 1. The van der Waals surface area contributed by atoms with Crippen LogP contribution in [0.2, 0.25) is 0 Å². The van der Waals surface area contributed by atoms with Crippen molar-refractivity contribution in [2.45, 2.75) is 0 Å². The summed E-state index contributed by atoms with van der Waals surface area (Å²) >= 11 is 0. The number of nitrogens with zero attached hydrogens (tertiary/aromatic N) is 4. The monoisotopic (exact) mass is 376 g/mol. The number of amides is 1. The summed E-state index contributed by atoms with van der Waals surface area (Å²) in [5.74, 6) is 0.537. The van der Waals surface area contributed by atoms with Gasteiger partial charge in [-0.3, -0.25) is 9.78 Å². The number of aromatic amines is 1. The molecular formula is C18H12N6O4. The van der Waals surface area contributed by atoms with Crippen molar-refractivity contribution in [2.24, 2.45) is 5.73 Å². The molecule has 3 N–H and O–H groups in total. The fourth-order valence-electron chi connectivity index (χ4n) is 3.05. The van der Waals surface area contributed by atoms with Crippen LogP contribution in [-0.2, 0) is 0 Å². The maximum Gasteiger partial charge on any atom is 0.332 e. The summed E-state index contributed by atoms with van der Waals surface area (Å²) in [6.07, 6.45) is 3.16. The summed E-state index contributed by atoms with van der Waals surface area (Å²) in [7, 11) is 0. The Hall–Kier alpha value is -4.21. The van der Waals surface area contributed by atoms with Gasteiger partial charge in [-0.2, -0.15) is 0 Å². The van der Waals surface area contributed by atoms with Gasteiger partial charge in [0.05, 0.1) is 5.69 Å². The minimum atomic E-state index is -0.781. The second-order valence-electron chi connectivity index (χ2n) is 6.00. The Labute approximate surface area is 156 Å². The number of carbonyl (C=O) groups excluding carboxylic acids is 1. The van der Waals surface area contributed by atoms with E-state index in [2.05, 4.69) is 19.9 Å². The smallest absolute Gasteiger partial charge is 0.332 e. The van der Waals surface area contributed by atoms with E-state index in [9.17, 15) is 9.59 Å². The van der Waals surface area contributed by atoms with Gasteiger partial charge in [0.15, 0.2) is 28.7 Å². The lowest BCUT2D eigenvalue weighted by atomic mass is 10.2. The van der Waals surface area contributed by atoms with Crippen LogP contribution >= 0.6 is 0 Å². The summed E-state index contributed by atoms with van der Waals surface area (Å²) in [5, 5.41) is 0. The molecule has 0 bridgehead atoms. The zero-order valence-electron chi connectivity index (χ0n) is 14.2. The lowest BCUT2D eigenvalue weighted by molar-refractivity contribution is 0.0997. The van der Waals surface area contributed by atoms with Crippen molar-refractivity contribution >= 4 is 17.1 Å². The quantitative estimate of drug-likeness (QED) is 0.544. The molecule has 4 heterocycles. The molecule has 0 spiro atoms. The van der Waals surface area contributed by atoms with Gasteiger partial charge >= 0.3 is 5.69 Å². The molecule has 3 aromatic heterocycles. The van der Waals surface area contributed by atoms with E-state index in [1.165, 1.54) is 4.57 Å². The van der Waals surface area contributed by atoms with E-state index in [0.717, 1.165) is 0 Å². The summed E-state index contributed by atoms with van der Waals surface area (Å²) in [4.78, 5) is 40.0. The Bertz CT molecular complexity index is 1290. The normalized spacial score (nSPS) is 12.4. The Kier molecular flexibility index (Phi) is 3.38. The van der Waals surface area contributed by atoms with E-state index >= 15 is 0 Å². The average molecular weight is 376 g/mol. The molecule has 0 radical (unpaired) electrons. The number of pyridine rings is 1. The topological polar surface area (TPSA) is 138 Å². The highest BCUT2D eigenvalue weighted by molar-refractivity contribution is 6.02. The maximum absolute atomic E-state index is 12.7. The number of imidazole rings is 1. The number of nitrogens with one attached hydrogen (secondary N) is 1. The van der Waals surface area contributed by atoms with Crippen molar-refractivity contribution in [1.82, 2.24) is 24.5 Å². The van der Waals surface area contributed by atoms with E-state index in [1.807, 2.05) is 0 Å². The Balaban J connectivity index is 1.81. The predicted molar refractivity (Wildman–Crippen MR) is 97.4 cm³/mol. The SMILES string of the molecule is NC(=O)c1nc(-c2cccnc2)nc2c1[nH]c(=O)n2-c1ccc2c(c1)OCO2. The number of primary amides is 1. The number of ether oxygens (including phenoxy) is 2. The molecule has 4 aromatic rings. The number of carbonyl (C=O) groups is 1. The molecule has 10 nitrogen and oxygen atoms in total. The standard InChI is InChI=1S/C18H12N6O4/c19-15(25)13-14-17(23-16(21-13)9-2-1-5-20-7-9)24(18(26)22-14)10-3-4-11-12(6-10)28-8-27-11/h1-7H,8H2,(H2,19,25)(H,22,26). The van der Waals surface area contributed by atoms with Crippen LogP contribution < -0.4 is 20.9 Å². The van der Waals surface area contributed by atoms with Crippen LogP contribution in [0.25, 0.3) is 28.2 Å². The highest BCUT2D eigenvalue weighted by Crippen LogP contribution is 2.34. The maximum atomic E-state index is 12.7. The Morgan fingerprint density at radius 1 is 1.18 bits per heavy atom. The van der Waals surface area contributed by atoms with Crippen molar-refractivity contribution in [2.75, 3.05) is 6.79 Å². The first-order valence-electron chi connectivity index (χ1n) is 8.25. The van der Waals surface area contributed by atoms with Gasteiger partial charge in [-0.15, -0.1) is 0 Å². The van der Waals surface area contributed by atoms with Gasteiger partial charge in [-0.1, -0.05) is 0 Å². The highest BCUT2D eigenvalue weighted by atomic mass is 16.7. The van der Waals surface area contributed by atoms with Gasteiger partial charge in [0, 0.05) is 24.0 Å². The van der Waals surface area contributed by atoms with Crippen molar-refractivity contribution in [3.63, 3.8) is 0 Å². The van der Waals surface area contributed by atoms with E-state index in [-0.39, 0.29) is 29.5 Å². The van der Waals surface area contributed by atoms with Gasteiger partial charge in [-0.25, -0.2) is 19.3 Å². The fraction of sp³-hybridized carbons (Fsp3) is 0.0556. The predicted octanol–water partition coefficient (Wildman–Crippen LogP) is 0.998. The highest BCUT2D eigenvalue weighted by Gasteiger charge is 2.22. The van der Waals surface area contributed by atoms with Crippen molar-refractivity contribution in [3.05, 3.63) is 58.9 Å². The number of hydrogen-bond acceptors (Lipinski definition) is 7. The van der Waals surface area contributed by atoms with Gasteiger partial charge < -0.3 is 20.2 Å². The van der Waals surface area contributed by atoms with Crippen LogP contribution in [0, 0.1) is 0 Å². The molecule has 0 fully saturated rings. The van der Waals surface area contributed by atoms with E-state index in [0.29, 0.717) is 22.7 Å². The molecule has 1 aliphatic rings.